The van der Waals surface area contributed by atoms with Crippen molar-refractivity contribution in [3.8, 4) is 5.88 Å². The summed E-state index contributed by atoms with van der Waals surface area (Å²) in [6.45, 7) is 1.02. The monoisotopic (exact) mass is 480 g/mol. The molecule has 34 heavy (non-hydrogen) atoms. The predicted octanol–water partition coefficient (Wildman–Crippen LogP) is 4.84. The lowest BCUT2D eigenvalue weighted by atomic mass is 10.2. The van der Waals surface area contributed by atoms with Gasteiger partial charge >= 0.3 is 0 Å². The number of carbonyl (C=O) groups excluding carboxylic acids is 1. The SMILES string of the molecule is Cc1ccc(S(=O)(=O)N(CC(=O)N=Nc2c(O)n(C)c3ccccc23)c2ccccc2F)cc1. The molecule has 0 radical (unpaired) electrons. The summed E-state index contributed by atoms with van der Waals surface area (Å²) in [5.74, 6) is -1.95. The van der Waals surface area contributed by atoms with Gasteiger partial charge in [-0.2, -0.15) is 0 Å². The highest BCUT2D eigenvalue weighted by Gasteiger charge is 2.29. The fourth-order valence-corrected chi connectivity index (χ4v) is 4.93. The summed E-state index contributed by atoms with van der Waals surface area (Å²) in [7, 11) is -2.66. The molecule has 0 aliphatic rings. The van der Waals surface area contributed by atoms with Gasteiger partial charge in [0.2, 0.25) is 5.88 Å². The Balaban J connectivity index is 1.70. The smallest absolute Gasteiger partial charge is 0.285 e. The van der Waals surface area contributed by atoms with Crippen LogP contribution in [0.25, 0.3) is 10.9 Å². The molecule has 0 bridgehead atoms. The zero-order valence-corrected chi connectivity index (χ0v) is 19.2. The minimum absolute atomic E-state index is 0.0743. The number of benzene rings is 3. The van der Waals surface area contributed by atoms with Gasteiger partial charge in [0, 0.05) is 12.4 Å². The van der Waals surface area contributed by atoms with Crippen LogP contribution >= 0.6 is 0 Å². The number of aryl methyl sites for hydroxylation is 2. The normalized spacial score (nSPS) is 11.9. The van der Waals surface area contributed by atoms with Crippen molar-refractivity contribution in [2.24, 2.45) is 17.3 Å². The summed E-state index contributed by atoms with van der Waals surface area (Å²) < 4.78 is 43.4. The Morgan fingerprint density at radius 2 is 1.68 bits per heavy atom. The van der Waals surface area contributed by atoms with Crippen LogP contribution in [0.2, 0.25) is 0 Å². The van der Waals surface area contributed by atoms with E-state index in [1.54, 1.807) is 50.4 Å². The van der Waals surface area contributed by atoms with Crippen molar-refractivity contribution in [3.63, 3.8) is 0 Å². The van der Waals surface area contributed by atoms with Gasteiger partial charge in [0.15, 0.2) is 5.69 Å². The second kappa shape index (κ2) is 9.06. The van der Waals surface area contributed by atoms with Crippen molar-refractivity contribution in [2.75, 3.05) is 10.8 Å². The van der Waals surface area contributed by atoms with E-state index >= 15 is 0 Å². The summed E-state index contributed by atoms with van der Waals surface area (Å²) >= 11 is 0. The molecule has 1 amide bonds. The molecule has 8 nitrogen and oxygen atoms in total. The minimum atomic E-state index is -4.29. The quantitative estimate of drug-likeness (QED) is 0.399. The first-order valence-electron chi connectivity index (χ1n) is 10.2. The van der Waals surface area contributed by atoms with Gasteiger partial charge in [0.1, 0.15) is 12.4 Å². The first-order chi connectivity index (χ1) is 16.2. The Kier molecular flexibility index (Phi) is 6.16. The summed E-state index contributed by atoms with van der Waals surface area (Å²) in [4.78, 5) is 12.6. The van der Waals surface area contributed by atoms with Gasteiger partial charge in [-0.25, -0.2) is 12.8 Å². The summed E-state index contributed by atoms with van der Waals surface area (Å²) in [6.07, 6.45) is 0. The Morgan fingerprint density at radius 3 is 2.38 bits per heavy atom. The third-order valence-corrected chi connectivity index (χ3v) is 7.09. The molecule has 0 spiro atoms. The van der Waals surface area contributed by atoms with Crippen LogP contribution in [0, 0.1) is 12.7 Å². The number of hydrogen-bond donors (Lipinski definition) is 1. The average Bonchev–Trinajstić information content (AvgIpc) is 3.06. The number of azo groups is 1. The number of aromatic nitrogens is 1. The molecule has 0 unspecified atom stereocenters. The largest absolute Gasteiger partial charge is 0.493 e. The number of rotatable bonds is 6. The molecule has 0 aliphatic heterocycles. The van der Waals surface area contributed by atoms with E-state index in [9.17, 15) is 22.7 Å². The van der Waals surface area contributed by atoms with Gasteiger partial charge in [-0.15, -0.1) is 10.2 Å². The van der Waals surface area contributed by atoms with Crippen LogP contribution in [-0.2, 0) is 21.9 Å². The fourth-order valence-electron chi connectivity index (χ4n) is 3.51. The van der Waals surface area contributed by atoms with Crippen molar-refractivity contribution in [1.29, 1.82) is 0 Å². The first kappa shape index (κ1) is 23.1. The summed E-state index contributed by atoms with van der Waals surface area (Å²) in [5, 5.41) is 18.4. The van der Waals surface area contributed by atoms with Crippen LogP contribution in [0.1, 0.15) is 5.56 Å². The summed E-state index contributed by atoms with van der Waals surface area (Å²) in [5.41, 5.74) is 1.30. The Bertz CT molecular complexity index is 1510. The molecule has 1 heterocycles. The number of nitrogens with zero attached hydrogens (tertiary/aromatic N) is 4. The average molecular weight is 481 g/mol. The molecular formula is C24H21FN4O4S. The van der Waals surface area contributed by atoms with Gasteiger partial charge in [-0.05, 0) is 37.3 Å². The highest BCUT2D eigenvalue weighted by atomic mass is 32.2. The van der Waals surface area contributed by atoms with E-state index in [1.165, 1.54) is 34.9 Å². The second-order valence-electron chi connectivity index (χ2n) is 7.62. The highest BCUT2D eigenvalue weighted by Crippen LogP contribution is 2.37. The zero-order valence-electron chi connectivity index (χ0n) is 18.4. The van der Waals surface area contributed by atoms with E-state index in [4.69, 9.17) is 0 Å². The van der Waals surface area contributed by atoms with Gasteiger partial charge in [-0.3, -0.25) is 9.10 Å². The number of carbonyl (C=O) groups is 1. The lowest BCUT2D eigenvalue weighted by molar-refractivity contribution is -0.116. The second-order valence-corrected chi connectivity index (χ2v) is 9.48. The van der Waals surface area contributed by atoms with Crippen molar-refractivity contribution >= 4 is 38.2 Å². The molecular weight excluding hydrogens is 459 g/mol. The number of hydrogen-bond acceptors (Lipinski definition) is 5. The van der Waals surface area contributed by atoms with E-state index in [0.29, 0.717) is 15.2 Å². The Morgan fingerprint density at radius 1 is 1.03 bits per heavy atom. The van der Waals surface area contributed by atoms with Gasteiger partial charge in [-0.1, -0.05) is 48.0 Å². The molecule has 4 aromatic rings. The van der Waals surface area contributed by atoms with Crippen LogP contribution < -0.4 is 4.31 Å². The maximum Gasteiger partial charge on any atom is 0.285 e. The number of para-hydroxylation sites is 2. The molecule has 0 saturated carbocycles. The molecule has 0 atom stereocenters. The number of aromatic hydroxyl groups is 1. The van der Waals surface area contributed by atoms with Crippen LogP contribution in [0.3, 0.4) is 0 Å². The molecule has 4 rings (SSSR count). The Hall–Kier alpha value is -4.05. The van der Waals surface area contributed by atoms with Crippen molar-refractivity contribution in [1.82, 2.24) is 4.57 Å². The van der Waals surface area contributed by atoms with Crippen LogP contribution in [0.15, 0.2) is 87.9 Å². The molecule has 1 N–H and O–H groups in total. The third-order valence-electron chi connectivity index (χ3n) is 5.32. The van der Waals surface area contributed by atoms with Crippen LogP contribution in [0.4, 0.5) is 15.8 Å². The van der Waals surface area contributed by atoms with E-state index in [1.807, 2.05) is 0 Å². The number of fused-ring (bicyclic) bond motifs is 1. The summed E-state index contributed by atoms with van der Waals surface area (Å²) in [6, 6.07) is 18.3. The third kappa shape index (κ3) is 4.27. The number of amides is 1. The molecule has 3 aromatic carbocycles. The standard InChI is InChI=1S/C24H21FN4O4S/c1-16-11-13-17(14-12-16)34(32,33)29(21-10-6-4-8-19(21)25)15-22(30)26-27-23-18-7-3-5-9-20(18)28(2)24(23)31/h3-14,31H,15H2,1-2H3. The maximum absolute atomic E-state index is 14.6. The first-order valence-corrected chi connectivity index (χ1v) is 11.7. The molecule has 174 valence electrons. The van der Waals surface area contributed by atoms with E-state index in [-0.39, 0.29) is 22.2 Å². The number of sulfonamides is 1. The van der Waals surface area contributed by atoms with E-state index < -0.39 is 28.3 Å². The lowest BCUT2D eigenvalue weighted by Gasteiger charge is -2.23. The molecule has 0 saturated heterocycles. The molecule has 10 heteroatoms. The van der Waals surface area contributed by atoms with Crippen molar-refractivity contribution in [2.45, 2.75) is 11.8 Å². The van der Waals surface area contributed by atoms with E-state index in [0.717, 1.165) is 11.6 Å². The van der Waals surface area contributed by atoms with Gasteiger partial charge < -0.3 is 9.67 Å². The van der Waals surface area contributed by atoms with Crippen LogP contribution in [0.5, 0.6) is 5.88 Å². The van der Waals surface area contributed by atoms with E-state index in [2.05, 4.69) is 10.2 Å². The topological polar surface area (TPSA) is 104 Å². The van der Waals surface area contributed by atoms with Crippen molar-refractivity contribution in [3.05, 3.63) is 84.2 Å². The van der Waals surface area contributed by atoms with Crippen molar-refractivity contribution < 1.29 is 22.7 Å². The highest BCUT2D eigenvalue weighted by molar-refractivity contribution is 7.92. The minimum Gasteiger partial charge on any atom is -0.493 e. The number of halogens is 1. The predicted molar refractivity (Wildman–Crippen MR) is 126 cm³/mol. The van der Waals surface area contributed by atoms with Crippen LogP contribution in [-0.4, -0.2) is 30.5 Å². The molecule has 0 aliphatic carbocycles. The zero-order chi connectivity index (χ0) is 24.5. The lowest BCUT2D eigenvalue weighted by Crippen LogP contribution is -2.36. The Labute approximate surface area is 195 Å². The molecule has 1 aromatic heterocycles. The fraction of sp³-hybridized carbons (Fsp3) is 0.125. The molecule has 0 fully saturated rings. The van der Waals surface area contributed by atoms with Gasteiger partial charge in [0.05, 0.1) is 16.1 Å². The van der Waals surface area contributed by atoms with Gasteiger partial charge in [0.25, 0.3) is 15.9 Å². The maximum atomic E-state index is 14.6. The number of anilines is 1.